The highest BCUT2D eigenvalue weighted by Gasteiger charge is 2.35. The number of halogens is 1. The lowest BCUT2D eigenvalue weighted by atomic mass is 9.69. The van der Waals surface area contributed by atoms with Crippen LogP contribution >= 0.6 is 15.9 Å². The third kappa shape index (κ3) is 3.88. The number of carbonyl (C=O) groups is 1. The fourth-order valence-electron chi connectivity index (χ4n) is 3.44. The number of hydrogen-bond acceptors (Lipinski definition) is 1. The van der Waals surface area contributed by atoms with Gasteiger partial charge < -0.3 is 5.32 Å². The van der Waals surface area contributed by atoms with E-state index in [1.54, 1.807) is 0 Å². The maximum absolute atomic E-state index is 12.6. The Hall–Kier alpha value is -0.830. The monoisotopic (exact) mass is 351 g/mol. The van der Waals surface area contributed by atoms with E-state index in [1.807, 2.05) is 25.1 Å². The quantitative estimate of drug-likeness (QED) is 0.789. The van der Waals surface area contributed by atoms with Crippen LogP contribution in [0.2, 0.25) is 0 Å². The molecule has 1 aliphatic rings. The number of rotatable bonds is 2. The molecule has 0 saturated heterocycles. The molecular formula is C18H26BrNO. The number of carbonyl (C=O) groups excluding carboxylic acids is 1. The molecular weight excluding hydrogens is 326 g/mol. The van der Waals surface area contributed by atoms with E-state index < -0.39 is 0 Å². The molecule has 1 aromatic rings. The molecule has 116 valence electrons. The van der Waals surface area contributed by atoms with Crippen molar-refractivity contribution in [3.05, 3.63) is 33.8 Å². The van der Waals surface area contributed by atoms with Crippen molar-refractivity contribution >= 4 is 21.8 Å². The lowest BCUT2D eigenvalue weighted by Gasteiger charge is -2.40. The van der Waals surface area contributed by atoms with Crippen LogP contribution in [0.5, 0.6) is 0 Å². The molecule has 2 atom stereocenters. The first-order valence-corrected chi connectivity index (χ1v) is 8.66. The molecule has 0 radical (unpaired) electrons. The molecule has 21 heavy (non-hydrogen) atoms. The van der Waals surface area contributed by atoms with Gasteiger partial charge in [0, 0.05) is 16.1 Å². The van der Waals surface area contributed by atoms with Crippen molar-refractivity contribution in [2.45, 2.75) is 59.4 Å². The fraction of sp³-hybridized carbons (Fsp3) is 0.611. The molecule has 2 nitrogen and oxygen atoms in total. The molecule has 1 aromatic carbocycles. The lowest BCUT2D eigenvalue weighted by molar-refractivity contribution is 0.0829. The molecule has 1 aliphatic carbocycles. The van der Waals surface area contributed by atoms with Crippen molar-refractivity contribution in [3.63, 3.8) is 0 Å². The zero-order chi connectivity index (χ0) is 15.6. The van der Waals surface area contributed by atoms with Gasteiger partial charge in [-0.25, -0.2) is 0 Å². The van der Waals surface area contributed by atoms with Gasteiger partial charge in [0.25, 0.3) is 5.91 Å². The van der Waals surface area contributed by atoms with Crippen LogP contribution in [0, 0.1) is 18.3 Å². The third-order valence-electron chi connectivity index (χ3n) is 4.71. The van der Waals surface area contributed by atoms with Gasteiger partial charge >= 0.3 is 0 Å². The first-order chi connectivity index (χ1) is 9.80. The summed E-state index contributed by atoms with van der Waals surface area (Å²) >= 11 is 3.50. The van der Waals surface area contributed by atoms with E-state index >= 15 is 0 Å². The van der Waals surface area contributed by atoms with Gasteiger partial charge in [-0.3, -0.25) is 4.79 Å². The van der Waals surface area contributed by atoms with E-state index in [4.69, 9.17) is 0 Å². The van der Waals surface area contributed by atoms with Crippen LogP contribution in [0.1, 0.15) is 62.4 Å². The molecule has 2 unspecified atom stereocenters. The second kappa shape index (κ2) is 6.51. The molecule has 0 aromatic heterocycles. The highest BCUT2D eigenvalue weighted by Crippen LogP contribution is 2.38. The topological polar surface area (TPSA) is 29.1 Å². The zero-order valence-electron chi connectivity index (χ0n) is 13.5. The maximum atomic E-state index is 12.6. The molecule has 1 N–H and O–H groups in total. The second-order valence-electron chi connectivity index (χ2n) is 7.25. The van der Waals surface area contributed by atoms with Crippen LogP contribution in [-0.2, 0) is 0 Å². The van der Waals surface area contributed by atoms with Crippen LogP contribution in [0.4, 0.5) is 0 Å². The van der Waals surface area contributed by atoms with Gasteiger partial charge in [-0.15, -0.1) is 0 Å². The van der Waals surface area contributed by atoms with Crippen molar-refractivity contribution in [2.24, 2.45) is 11.3 Å². The average molecular weight is 352 g/mol. The number of hydrogen-bond donors (Lipinski definition) is 1. The summed E-state index contributed by atoms with van der Waals surface area (Å²) < 4.78 is 0.992. The predicted molar refractivity (Wildman–Crippen MR) is 91.5 cm³/mol. The minimum atomic E-state index is 0.0648. The Balaban J connectivity index is 2.15. The Morgan fingerprint density at radius 3 is 2.57 bits per heavy atom. The maximum Gasteiger partial charge on any atom is 0.251 e. The van der Waals surface area contributed by atoms with Gasteiger partial charge in [-0.2, -0.15) is 0 Å². The van der Waals surface area contributed by atoms with Gasteiger partial charge in [0.15, 0.2) is 0 Å². The summed E-state index contributed by atoms with van der Waals surface area (Å²) in [5.41, 5.74) is 2.03. The summed E-state index contributed by atoms with van der Waals surface area (Å²) in [4.78, 5) is 12.6. The van der Waals surface area contributed by atoms with E-state index in [2.05, 4.69) is 42.0 Å². The summed E-state index contributed by atoms with van der Waals surface area (Å²) in [5, 5.41) is 3.30. The molecule has 0 spiro atoms. The van der Waals surface area contributed by atoms with Crippen molar-refractivity contribution in [1.29, 1.82) is 0 Å². The number of benzene rings is 1. The van der Waals surface area contributed by atoms with Crippen LogP contribution < -0.4 is 5.32 Å². The summed E-state index contributed by atoms with van der Waals surface area (Å²) in [7, 11) is 0. The number of amides is 1. The first kappa shape index (κ1) is 16.5. The molecule has 2 rings (SSSR count). The first-order valence-electron chi connectivity index (χ1n) is 7.86. The largest absolute Gasteiger partial charge is 0.349 e. The Bertz CT molecular complexity index is 518. The van der Waals surface area contributed by atoms with Gasteiger partial charge in [0.2, 0.25) is 0 Å². The molecule has 3 heteroatoms. The van der Waals surface area contributed by atoms with Crippen LogP contribution in [0.25, 0.3) is 0 Å². The van der Waals surface area contributed by atoms with Crippen molar-refractivity contribution < 1.29 is 4.79 Å². The summed E-state index contributed by atoms with van der Waals surface area (Å²) in [5.74, 6) is 0.623. The zero-order valence-corrected chi connectivity index (χ0v) is 15.1. The molecule has 0 aliphatic heterocycles. The molecule has 1 saturated carbocycles. The van der Waals surface area contributed by atoms with E-state index in [1.165, 1.54) is 19.3 Å². The average Bonchev–Trinajstić information content (AvgIpc) is 2.41. The Kier molecular flexibility index (Phi) is 5.13. The highest BCUT2D eigenvalue weighted by atomic mass is 79.9. The predicted octanol–water partition coefficient (Wildman–Crippen LogP) is 5.09. The summed E-state index contributed by atoms with van der Waals surface area (Å²) in [6.07, 6.45) is 4.81. The normalized spacial score (nSPS) is 22.9. The van der Waals surface area contributed by atoms with Gasteiger partial charge in [0.05, 0.1) is 0 Å². The Labute approximate surface area is 136 Å². The van der Waals surface area contributed by atoms with Crippen LogP contribution in [0.15, 0.2) is 22.7 Å². The van der Waals surface area contributed by atoms with E-state index in [9.17, 15) is 4.79 Å². The van der Waals surface area contributed by atoms with Crippen molar-refractivity contribution in [2.75, 3.05) is 0 Å². The fourth-order valence-corrected chi connectivity index (χ4v) is 3.81. The molecule has 1 amide bonds. The van der Waals surface area contributed by atoms with Crippen LogP contribution in [0.3, 0.4) is 0 Å². The third-order valence-corrected chi connectivity index (χ3v) is 5.57. The molecule has 1 fully saturated rings. The standard InChI is InChI=1S/C18H26BrNO/c1-12-13(8-7-10-15(12)19)17(21)20-16-11-6-5-9-14(16)18(2,3)4/h7-8,10,14,16H,5-6,9,11H2,1-4H3,(H,20,21). The Morgan fingerprint density at radius 1 is 1.24 bits per heavy atom. The van der Waals surface area contributed by atoms with Crippen molar-refractivity contribution in [1.82, 2.24) is 5.32 Å². The minimum absolute atomic E-state index is 0.0648. The molecule has 0 heterocycles. The smallest absolute Gasteiger partial charge is 0.251 e. The lowest BCUT2D eigenvalue weighted by Crippen LogP contribution is -2.46. The van der Waals surface area contributed by atoms with Crippen LogP contribution in [-0.4, -0.2) is 11.9 Å². The SMILES string of the molecule is Cc1c(Br)cccc1C(=O)NC1CCCCC1C(C)(C)C. The molecule has 0 bridgehead atoms. The summed E-state index contributed by atoms with van der Waals surface area (Å²) in [6.45, 7) is 8.84. The van der Waals surface area contributed by atoms with E-state index in [0.717, 1.165) is 22.0 Å². The summed E-state index contributed by atoms with van der Waals surface area (Å²) in [6, 6.07) is 6.10. The number of nitrogens with one attached hydrogen (secondary N) is 1. The van der Waals surface area contributed by atoms with E-state index in [-0.39, 0.29) is 11.3 Å². The minimum Gasteiger partial charge on any atom is -0.349 e. The Morgan fingerprint density at radius 2 is 1.90 bits per heavy atom. The van der Waals surface area contributed by atoms with Gasteiger partial charge in [-0.1, -0.05) is 55.6 Å². The van der Waals surface area contributed by atoms with Crippen molar-refractivity contribution in [3.8, 4) is 0 Å². The van der Waals surface area contributed by atoms with Gasteiger partial charge in [-0.05, 0) is 48.8 Å². The van der Waals surface area contributed by atoms with E-state index in [0.29, 0.717) is 12.0 Å². The second-order valence-corrected chi connectivity index (χ2v) is 8.10. The highest BCUT2D eigenvalue weighted by molar-refractivity contribution is 9.10. The van der Waals surface area contributed by atoms with Gasteiger partial charge in [0.1, 0.15) is 0 Å².